The first kappa shape index (κ1) is 20.1. The van der Waals surface area contributed by atoms with Gasteiger partial charge in [0, 0.05) is 19.1 Å². The molecule has 0 bridgehead atoms. The molecular weight excluding hydrogens is 382 g/mol. The van der Waals surface area contributed by atoms with Crippen LogP contribution in [0, 0.1) is 6.92 Å². The molecule has 8 nitrogen and oxygen atoms in total. The first-order valence-corrected chi connectivity index (χ1v) is 10.5. The van der Waals surface area contributed by atoms with Crippen molar-refractivity contribution in [1.29, 1.82) is 0 Å². The van der Waals surface area contributed by atoms with Crippen molar-refractivity contribution in [2.45, 2.75) is 30.7 Å². The minimum Gasteiger partial charge on any atom is -0.459 e. The largest absolute Gasteiger partial charge is 0.459 e. The van der Waals surface area contributed by atoms with Crippen molar-refractivity contribution in [3.8, 4) is 0 Å². The molecule has 1 aliphatic heterocycles. The average Bonchev–Trinajstić information content (AvgIpc) is 3.21. The summed E-state index contributed by atoms with van der Waals surface area (Å²) in [7, 11) is -3.58. The summed E-state index contributed by atoms with van der Waals surface area (Å²) >= 11 is 0. The number of benzene rings is 1. The lowest BCUT2D eigenvalue weighted by Gasteiger charge is -2.32. The van der Waals surface area contributed by atoms with Gasteiger partial charge in [0.15, 0.2) is 5.76 Å². The van der Waals surface area contributed by atoms with E-state index in [0.717, 1.165) is 5.56 Å². The third-order valence-electron chi connectivity index (χ3n) is 4.65. The van der Waals surface area contributed by atoms with Gasteiger partial charge in [-0.15, -0.1) is 0 Å². The minimum atomic E-state index is -3.58. The van der Waals surface area contributed by atoms with Gasteiger partial charge in [-0.1, -0.05) is 17.7 Å². The summed E-state index contributed by atoms with van der Waals surface area (Å²) in [6, 6.07) is 9.56. The highest BCUT2D eigenvalue weighted by atomic mass is 32.2. The molecule has 150 valence electrons. The zero-order valence-corrected chi connectivity index (χ0v) is 16.4. The zero-order chi connectivity index (χ0) is 20.1. The highest BCUT2D eigenvalue weighted by Gasteiger charge is 2.27. The Morgan fingerprint density at radius 2 is 1.82 bits per heavy atom. The molecule has 0 spiro atoms. The maximum Gasteiger partial charge on any atom is 0.287 e. The molecule has 0 radical (unpaired) electrons. The monoisotopic (exact) mass is 405 g/mol. The van der Waals surface area contributed by atoms with E-state index in [-0.39, 0.29) is 29.1 Å². The number of sulfonamides is 1. The van der Waals surface area contributed by atoms with Gasteiger partial charge in [0.1, 0.15) is 0 Å². The summed E-state index contributed by atoms with van der Waals surface area (Å²) in [4.78, 5) is 25.9. The topological polar surface area (TPSA) is 109 Å². The molecule has 2 N–H and O–H groups in total. The number of likely N-dealkylation sites (tertiary alicyclic amines) is 1. The van der Waals surface area contributed by atoms with Gasteiger partial charge in [0.25, 0.3) is 5.91 Å². The Hall–Kier alpha value is -2.65. The molecule has 28 heavy (non-hydrogen) atoms. The number of amides is 2. The molecule has 3 rings (SSSR count). The molecule has 2 heterocycles. The van der Waals surface area contributed by atoms with Gasteiger partial charge in [0.05, 0.1) is 17.7 Å². The molecule has 2 aromatic rings. The summed E-state index contributed by atoms with van der Waals surface area (Å²) in [5, 5.41) is 2.52. The van der Waals surface area contributed by atoms with E-state index in [1.54, 1.807) is 35.2 Å². The first-order chi connectivity index (χ1) is 13.3. The predicted octanol–water partition coefficient (Wildman–Crippen LogP) is 1.29. The van der Waals surface area contributed by atoms with Crippen LogP contribution in [-0.4, -0.2) is 50.8 Å². The molecular formula is C19H23N3O5S. The van der Waals surface area contributed by atoms with E-state index in [0.29, 0.717) is 25.9 Å². The van der Waals surface area contributed by atoms with Crippen molar-refractivity contribution in [1.82, 2.24) is 14.9 Å². The molecule has 0 atom stereocenters. The smallest absolute Gasteiger partial charge is 0.287 e. The molecule has 0 unspecified atom stereocenters. The highest BCUT2D eigenvalue weighted by molar-refractivity contribution is 7.89. The summed E-state index contributed by atoms with van der Waals surface area (Å²) in [6.07, 6.45) is 2.42. The van der Waals surface area contributed by atoms with Crippen LogP contribution in [0.25, 0.3) is 0 Å². The van der Waals surface area contributed by atoms with E-state index >= 15 is 0 Å². The Morgan fingerprint density at radius 1 is 1.14 bits per heavy atom. The molecule has 0 saturated carbocycles. The highest BCUT2D eigenvalue weighted by Crippen LogP contribution is 2.15. The molecule has 1 fully saturated rings. The number of furan rings is 1. The van der Waals surface area contributed by atoms with Crippen LogP contribution in [0.15, 0.2) is 52.0 Å². The van der Waals surface area contributed by atoms with Gasteiger partial charge in [-0.3, -0.25) is 9.59 Å². The summed E-state index contributed by atoms with van der Waals surface area (Å²) in [5.41, 5.74) is 0.991. The van der Waals surface area contributed by atoms with Crippen molar-refractivity contribution in [3.05, 3.63) is 54.0 Å². The van der Waals surface area contributed by atoms with E-state index in [1.807, 2.05) is 6.92 Å². The third kappa shape index (κ3) is 4.99. The Balaban J connectivity index is 1.46. The number of piperidine rings is 1. The fourth-order valence-electron chi connectivity index (χ4n) is 3.01. The number of rotatable bonds is 6. The van der Waals surface area contributed by atoms with Crippen molar-refractivity contribution < 1.29 is 22.4 Å². The number of hydrogen-bond acceptors (Lipinski definition) is 5. The number of hydrogen-bond donors (Lipinski definition) is 2. The molecule has 1 aromatic heterocycles. The maximum absolute atomic E-state index is 12.5. The number of carbonyl (C=O) groups excluding carboxylic acids is 2. The van der Waals surface area contributed by atoms with Crippen molar-refractivity contribution in [2.75, 3.05) is 19.6 Å². The van der Waals surface area contributed by atoms with E-state index in [2.05, 4.69) is 10.0 Å². The fraction of sp³-hybridized carbons (Fsp3) is 0.368. The lowest BCUT2D eigenvalue weighted by Crippen LogP contribution is -2.48. The third-order valence-corrected chi connectivity index (χ3v) is 6.18. The van der Waals surface area contributed by atoms with E-state index in [4.69, 9.17) is 4.42 Å². The molecule has 2 amide bonds. The summed E-state index contributed by atoms with van der Waals surface area (Å²) in [5.74, 6) is -0.504. The minimum absolute atomic E-state index is 0.126. The Labute approximate surface area is 164 Å². The number of nitrogens with zero attached hydrogens (tertiary/aromatic N) is 1. The Kier molecular flexibility index (Phi) is 6.15. The fourth-order valence-corrected chi connectivity index (χ4v) is 4.32. The second kappa shape index (κ2) is 8.57. The number of carbonyl (C=O) groups is 2. The molecule has 0 aliphatic carbocycles. The predicted molar refractivity (Wildman–Crippen MR) is 102 cm³/mol. The van der Waals surface area contributed by atoms with Crippen molar-refractivity contribution in [3.63, 3.8) is 0 Å². The van der Waals surface area contributed by atoms with Crippen LogP contribution >= 0.6 is 0 Å². The van der Waals surface area contributed by atoms with Crippen molar-refractivity contribution in [2.24, 2.45) is 0 Å². The second-order valence-electron chi connectivity index (χ2n) is 6.75. The molecule has 9 heteroatoms. The van der Waals surface area contributed by atoms with E-state index < -0.39 is 15.9 Å². The van der Waals surface area contributed by atoms with Crippen LogP contribution < -0.4 is 10.0 Å². The summed E-state index contributed by atoms with van der Waals surface area (Å²) < 4.78 is 32.6. The van der Waals surface area contributed by atoms with Crippen LogP contribution in [0.2, 0.25) is 0 Å². The second-order valence-corrected chi connectivity index (χ2v) is 8.46. The Morgan fingerprint density at radius 3 is 2.43 bits per heavy atom. The van der Waals surface area contributed by atoms with Gasteiger partial charge in [-0.25, -0.2) is 13.1 Å². The molecule has 1 saturated heterocycles. The summed E-state index contributed by atoms with van der Waals surface area (Å²) in [6.45, 7) is 2.62. The van der Waals surface area contributed by atoms with Gasteiger partial charge in [-0.05, 0) is 44.0 Å². The van der Waals surface area contributed by atoms with Crippen molar-refractivity contribution >= 4 is 21.8 Å². The van der Waals surface area contributed by atoms with Crippen LogP contribution in [0.3, 0.4) is 0 Å². The van der Waals surface area contributed by atoms with E-state index in [9.17, 15) is 18.0 Å². The van der Waals surface area contributed by atoms with Gasteiger partial charge >= 0.3 is 0 Å². The molecule has 1 aromatic carbocycles. The lowest BCUT2D eigenvalue weighted by atomic mass is 10.1. The van der Waals surface area contributed by atoms with Crippen LogP contribution in [0.1, 0.15) is 29.0 Å². The quantitative estimate of drug-likeness (QED) is 0.753. The average molecular weight is 405 g/mol. The molecule has 1 aliphatic rings. The van der Waals surface area contributed by atoms with Gasteiger partial charge in [-0.2, -0.15) is 0 Å². The maximum atomic E-state index is 12.5. The normalized spacial score (nSPS) is 15.4. The van der Waals surface area contributed by atoms with Crippen LogP contribution in [-0.2, 0) is 14.8 Å². The lowest BCUT2D eigenvalue weighted by molar-refractivity contribution is -0.131. The van der Waals surface area contributed by atoms with Gasteiger partial charge in [0.2, 0.25) is 15.9 Å². The zero-order valence-electron chi connectivity index (χ0n) is 15.6. The SMILES string of the molecule is Cc1ccc(S(=O)(=O)NC2CCN(C(=O)CNC(=O)c3ccco3)CC2)cc1. The van der Waals surface area contributed by atoms with Crippen LogP contribution in [0.5, 0.6) is 0 Å². The number of aryl methyl sites for hydroxylation is 1. The van der Waals surface area contributed by atoms with Crippen LogP contribution in [0.4, 0.5) is 0 Å². The first-order valence-electron chi connectivity index (χ1n) is 9.03. The standard InChI is InChI=1S/C19H23N3O5S/c1-14-4-6-16(7-5-14)28(25,26)21-15-8-10-22(11-9-15)18(23)13-20-19(24)17-3-2-12-27-17/h2-7,12,15,21H,8-11,13H2,1H3,(H,20,24). The van der Waals surface area contributed by atoms with Gasteiger partial charge < -0.3 is 14.6 Å². The van der Waals surface area contributed by atoms with E-state index in [1.165, 1.54) is 12.3 Å². The number of nitrogens with one attached hydrogen (secondary N) is 2. The Bertz CT molecular complexity index is 915.